The van der Waals surface area contributed by atoms with Crippen molar-refractivity contribution in [2.75, 3.05) is 20.3 Å². The summed E-state index contributed by atoms with van der Waals surface area (Å²) in [6.07, 6.45) is -0.627. The fraction of sp³-hybridized carbons (Fsp3) is 0.444. The molecule has 1 aliphatic rings. The second-order valence-corrected chi connectivity index (χ2v) is 9.73. The minimum absolute atomic E-state index is 0.0765. The van der Waals surface area contributed by atoms with E-state index in [4.69, 9.17) is 9.47 Å². The van der Waals surface area contributed by atoms with Crippen LogP contribution in [0.1, 0.15) is 44.7 Å². The number of benzene rings is 2. The maximum atomic E-state index is 13.0. The SMILES string of the molecule is COC[C@H](NC(=O)C(C)(C)C(NC(=O)OCC1c2ccccc2-c2ccccc21)C(C)C)C(=O)O. The fourth-order valence-electron chi connectivity index (χ4n) is 4.77. The molecule has 35 heavy (non-hydrogen) atoms. The van der Waals surface area contributed by atoms with Gasteiger partial charge in [-0.3, -0.25) is 4.79 Å². The highest BCUT2D eigenvalue weighted by molar-refractivity contribution is 5.88. The van der Waals surface area contributed by atoms with Crippen LogP contribution in [-0.4, -0.2) is 55.5 Å². The molecule has 2 atom stereocenters. The Kier molecular flexibility index (Phi) is 8.17. The van der Waals surface area contributed by atoms with Gasteiger partial charge in [0.25, 0.3) is 0 Å². The number of carboxylic acids is 1. The average molecular weight is 483 g/mol. The van der Waals surface area contributed by atoms with Gasteiger partial charge in [0.05, 0.1) is 12.0 Å². The van der Waals surface area contributed by atoms with E-state index in [1.165, 1.54) is 7.11 Å². The number of fused-ring (bicyclic) bond motifs is 3. The first kappa shape index (κ1) is 26.2. The van der Waals surface area contributed by atoms with Crippen molar-refractivity contribution in [3.05, 3.63) is 59.7 Å². The van der Waals surface area contributed by atoms with Crippen LogP contribution in [0.15, 0.2) is 48.5 Å². The van der Waals surface area contributed by atoms with Gasteiger partial charge >= 0.3 is 12.1 Å². The molecule has 0 aromatic heterocycles. The zero-order valence-corrected chi connectivity index (χ0v) is 20.8. The van der Waals surface area contributed by atoms with Crippen molar-refractivity contribution in [3.8, 4) is 11.1 Å². The molecule has 3 N–H and O–H groups in total. The zero-order chi connectivity index (χ0) is 25.8. The minimum Gasteiger partial charge on any atom is -0.480 e. The van der Waals surface area contributed by atoms with Crippen LogP contribution >= 0.6 is 0 Å². The van der Waals surface area contributed by atoms with Crippen LogP contribution in [0.3, 0.4) is 0 Å². The van der Waals surface area contributed by atoms with Gasteiger partial charge in [0.1, 0.15) is 6.61 Å². The molecule has 2 aromatic rings. The van der Waals surface area contributed by atoms with Gasteiger partial charge in [0.15, 0.2) is 6.04 Å². The number of hydrogen-bond acceptors (Lipinski definition) is 5. The number of amides is 2. The van der Waals surface area contributed by atoms with Crippen LogP contribution in [0.5, 0.6) is 0 Å². The lowest BCUT2D eigenvalue weighted by atomic mass is 9.77. The first-order chi connectivity index (χ1) is 16.6. The molecule has 1 aliphatic carbocycles. The Bertz CT molecular complexity index is 1040. The summed E-state index contributed by atoms with van der Waals surface area (Å²) in [5, 5.41) is 14.7. The van der Waals surface area contributed by atoms with Crippen molar-refractivity contribution in [2.45, 2.75) is 45.7 Å². The van der Waals surface area contributed by atoms with Gasteiger partial charge in [-0.15, -0.1) is 0 Å². The summed E-state index contributed by atoms with van der Waals surface area (Å²) < 4.78 is 10.6. The maximum Gasteiger partial charge on any atom is 0.407 e. The number of carbonyl (C=O) groups is 3. The first-order valence-corrected chi connectivity index (χ1v) is 11.7. The highest BCUT2D eigenvalue weighted by Crippen LogP contribution is 2.44. The second-order valence-electron chi connectivity index (χ2n) is 9.73. The third-order valence-corrected chi connectivity index (χ3v) is 6.58. The molecule has 0 spiro atoms. The number of hydrogen-bond donors (Lipinski definition) is 3. The number of carbonyl (C=O) groups excluding carboxylic acids is 2. The molecule has 0 saturated heterocycles. The monoisotopic (exact) mass is 482 g/mol. The number of carboxylic acid groups (broad SMARTS) is 1. The normalized spacial score (nSPS) is 14.6. The number of methoxy groups -OCH3 is 1. The molecule has 2 aromatic carbocycles. The van der Waals surface area contributed by atoms with Crippen LogP contribution in [0, 0.1) is 11.3 Å². The molecule has 8 heteroatoms. The molecule has 0 heterocycles. The number of ether oxygens (including phenoxy) is 2. The summed E-state index contributed by atoms with van der Waals surface area (Å²) in [5.41, 5.74) is 3.39. The molecule has 1 unspecified atom stereocenters. The maximum absolute atomic E-state index is 13.0. The zero-order valence-electron chi connectivity index (χ0n) is 20.8. The largest absolute Gasteiger partial charge is 0.480 e. The Labute approximate surface area is 206 Å². The van der Waals surface area contributed by atoms with E-state index in [1.807, 2.05) is 50.2 Å². The molecule has 0 fully saturated rings. The fourth-order valence-corrected chi connectivity index (χ4v) is 4.77. The van der Waals surface area contributed by atoms with Crippen molar-refractivity contribution in [1.82, 2.24) is 10.6 Å². The second kappa shape index (κ2) is 10.9. The van der Waals surface area contributed by atoms with E-state index in [-0.39, 0.29) is 25.0 Å². The lowest BCUT2D eigenvalue weighted by Gasteiger charge is -2.36. The van der Waals surface area contributed by atoms with E-state index in [0.717, 1.165) is 22.3 Å². The molecule has 3 rings (SSSR count). The Morgan fingerprint density at radius 3 is 2.00 bits per heavy atom. The average Bonchev–Trinajstić information content (AvgIpc) is 3.14. The molecule has 0 bridgehead atoms. The van der Waals surface area contributed by atoms with Crippen LogP contribution in [0.2, 0.25) is 0 Å². The number of aliphatic carboxylic acids is 1. The van der Waals surface area contributed by atoms with Crippen LogP contribution in [0.4, 0.5) is 4.79 Å². The Morgan fingerprint density at radius 1 is 0.971 bits per heavy atom. The Hall–Kier alpha value is -3.39. The van der Waals surface area contributed by atoms with E-state index in [0.29, 0.717) is 0 Å². The number of nitrogens with one attached hydrogen (secondary N) is 2. The highest BCUT2D eigenvalue weighted by Gasteiger charge is 2.41. The van der Waals surface area contributed by atoms with Gasteiger partial charge in [-0.05, 0) is 42.0 Å². The smallest absolute Gasteiger partial charge is 0.407 e. The van der Waals surface area contributed by atoms with E-state index in [9.17, 15) is 19.5 Å². The van der Waals surface area contributed by atoms with Crippen molar-refractivity contribution >= 4 is 18.0 Å². The molecule has 188 valence electrons. The Balaban J connectivity index is 1.69. The number of rotatable bonds is 10. The summed E-state index contributed by atoms with van der Waals surface area (Å²) in [5.74, 6) is -1.89. The molecular formula is C27H34N2O6. The topological polar surface area (TPSA) is 114 Å². The standard InChI is InChI=1S/C27H34N2O6/c1-16(2)23(27(3,4)25(32)28-22(15-34-5)24(30)31)29-26(33)35-14-21-19-12-8-6-10-17(19)18-11-7-9-13-20(18)21/h6-13,16,21-23H,14-15H2,1-5H3,(H,28,32)(H,29,33)(H,30,31)/t22-,23?/m0/s1. The quantitative estimate of drug-likeness (QED) is 0.475. The van der Waals surface area contributed by atoms with Crippen molar-refractivity contribution in [2.24, 2.45) is 11.3 Å². The van der Waals surface area contributed by atoms with E-state index in [2.05, 4.69) is 22.8 Å². The first-order valence-electron chi connectivity index (χ1n) is 11.7. The van der Waals surface area contributed by atoms with Gasteiger partial charge in [-0.2, -0.15) is 0 Å². The molecule has 0 radical (unpaired) electrons. The van der Waals surface area contributed by atoms with Crippen molar-refractivity contribution in [3.63, 3.8) is 0 Å². The molecule has 0 saturated carbocycles. The van der Waals surface area contributed by atoms with Gasteiger partial charge in [0.2, 0.25) is 5.91 Å². The van der Waals surface area contributed by atoms with Gasteiger partial charge < -0.3 is 25.2 Å². The third-order valence-electron chi connectivity index (χ3n) is 6.58. The van der Waals surface area contributed by atoms with E-state index < -0.39 is 35.5 Å². The summed E-state index contributed by atoms with van der Waals surface area (Å²) in [4.78, 5) is 37.3. The third kappa shape index (κ3) is 5.65. The van der Waals surface area contributed by atoms with Crippen LogP contribution in [0.25, 0.3) is 11.1 Å². The van der Waals surface area contributed by atoms with Crippen LogP contribution < -0.4 is 10.6 Å². The van der Waals surface area contributed by atoms with Crippen molar-refractivity contribution in [1.29, 1.82) is 0 Å². The van der Waals surface area contributed by atoms with E-state index in [1.54, 1.807) is 13.8 Å². The predicted molar refractivity (Wildman–Crippen MR) is 132 cm³/mol. The lowest BCUT2D eigenvalue weighted by Crippen LogP contribution is -2.58. The Morgan fingerprint density at radius 2 is 1.51 bits per heavy atom. The molecule has 0 aliphatic heterocycles. The van der Waals surface area contributed by atoms with Crippen molar-refractivity contribution < 1.29 is 29.0 Å². The molecular weight excluding hydrogens is 448 g/mol. The summed E-state index contributed by atoms with van der Waals surface area (Å²) >= 11 is 0. The molecule has 2 amide bonds. The minimum atomic E-state index is -1.19. The summed E-state index contributed by atoms with van der Waals surface area (Å²) in [7, 11) is 1.36. The van der Waals surface area contributed by atoms with Gasteiger partial charge in [-0.25, -0.2) is 9.59 Å². The van der Waals surface area contributed by atoms with Gasteiger partial charge in [0, 0.05) is 19.1 Å². The van der Waals surface area contributed by atoms with E-state index >= 15 is 0 Å². The highest BCUT2D eigenvalue weighted by atomic mass is 16.5. The predicted octanol–water partition coefficient (Wildman–Crippen LogP) is 3.79. The lowest BCUT2D eigenvalue weighted by molar-refractivity contribution is -0.145. The summed E-state index contributed by atoms with van der Waals surface area (Å²) in [6.45, 7) is 7.10. The number of alkyl carbamates (subject to hydrolysis) is 1. The van der Waals surface area contributed by atoms with Gasteiger partial charge in [-0.1, -0.05) is 62.4 Å². The summed E-state index contributed by atoms with van der Waals surface area (Å²) in [6, 6.07) is 14.4. The van der Waals surface area contributed by atoms with Crippen LogP contribution in [-0.2, 0) is 19.1 Å². The molecule has 8 nitrogen and oxygen atoms in total.